The molecule has 2 rings (SSSR count). The third-order valence-electron chi connectivity index (χ3n) is 3.58. The molecule has 2 N–H and O–H groups in total. The number of carbonyl (C=O) groups excluding carboxylic acids is 2. The van der Waals surface area contributed by atoms with Crippen molar-refractivity contribution in [3.8, 4) is 5.75 Å². The van der Waals surface area contributed by atoms with Gasteiger partial charge < -0.3 is 4.74 Å². The van der Waals surface area contributed by atoms with Gasteiger partial charge in [-0.1, -0.05) is 50.2 Å². The van der Waals surface area contributed by atoms with Gasteiger partial charge in [-0.25, -0.2) is 0 Å². The summed E-state index contributed by atoms with van der Waals surface area (Å²) in [5.41, 5.74) is 6.17. The molecule has 0 aliphatic rings. The molecule has 0 aromatic heterocycles. The van der Waals surface area contributed by atoms with Crippen LogP contribution in [0, 0.1) is 5.92 Å². The van der Waals surface area contributed by atoms with Gasteiger partial charge in [0.05, 0.1) is 13.0 Å². The lowest BCUT2D eigenvalue weighted by Gasteiger charge is -2.10. The third kappa shape index (κ3) is 6.67. The third-order valence-corrected chi connectivity index (χ3v) is 3.58. The second-order valence-corrected chi connectivity index (χ2v) is 6.22. The quantitative estimate of drug-likeness (QED) is 0.761. The Morgan fingerprint density at radius 2 is 1.76 bits per heavy atom. The van der Waals surface area contributed by atoms with Crippen LogP contribution in [0.2, 0.25) is 0 Å². The highest BCUT2D eigenvalue weighted by molar-refractivity contribution is 5.95. The van der Waals surface area contributed by atoms with Crippen LogP contribution in [0.25, 0.3) is 0 Å². The summed E-state index contributed by atoms with van der Waals surface area (Å²) in [4.78, 5) is 24.0. The number of hydrogen-bond acceptors (Lipinski definition) is 3. The Morgan fingerprint density at radius 1 is 1.00 bits per heavy atom. The summed E-state index contributed by atoms with van der Waals surface area (Å²) in [6.45, 7) is 4.87. The van der Waals surface area contributed by atoms with Crippen LogP contribution in [0.1, 0.15) is 36.2 Å². The van der Waals surface area contributed by atoms with Crippen LogP contribution in [0.3, 0.4) is 0 Å². The predicted molar refractivity (Wildman–Crippen MR) is 97.1 cm³/mol. The van der Waals surface area contributed by atoms with Crippen LogP contribution in [0.4, 0.5) is 0 Å². The average Bonchev–Trinajstić information content (AvgIpc) is 2.60. The lowest BCUT2D eigenvalue weighted by atomic mass is 10.1. The van der Waals surface area contributed by atoms with E-state index in [0.29, 0.717) is 23.8 Å². The summed E-state index contributed by atoms with van der Waals surface area (Å²) in [6.07, 6.45) is 1.16. The number of nitrogens with one attached hydrogen (secondary N) is 2. The molecule has 2 aromatic carbocycles. The number of benzene rings is 2. The van der Waals surface area contributed by atoms with Crippen molar-refractivity contribution >= 4 is 11.8 Å². The van der Waals surface area contributed by atoms with Gasteiger partial charge in [-0.3, -0.25) is 20.4 Å². The lowest BCUT2D eigenvalue weighted by molar-refractivity contribution is -0.121. The minimum absolute atomic E-state index is 0.208. The van der Waals surface area contributed by atoms with E-state index in [2.05, 4.69) is 24.7 Å². The zero-order chi connectivity index (χ0) is 18.1. The molecule has 0 saturated carbocycles. The van der Waals surface area contributed by atoms with E-state index in [1.54, 1.807) is 18.2 Å². The van der Waals surface area contributed by atoms with Crippen LogP contribution in [0.15, 0.2) is 54.6 Å². The van der Waals surface area contributed by atoms with E-state index in [0.717, 1.165) is 12.0 Å². The largest absolute Gasteiger partial charge is 0.494 e. The molecule has 0 unspecified atom stereocenters. The molecule has 0 saturated heterocycles. The molecule has 0 aliphatic carbocycles. The summed E-state index contributed by atoms with van der Waals surface area (Å²) in [6, 6.07) is 16.2. The molecule has 0 bridgehead atoms. The highest BCUT2D eigenvalue weighted by Gasteiger charge is 2.09. The SMILES string of the molecule is CC(C)CCOc1cccc(C(=O)NNC(=O)Cc2ccccc2)c1. The first-order valence-corrected chi connectivity index (χ1v) is 8.40. The van der Waals surface area contributed by atoms with Crippen molar-refractivity contribution in [1.29, 1.82) is 0 Å². The van der Waals surface area contributed by atoms with Crippen LogP contribution in [0.5, 0.6) is 5.75 Å². The fourth-order valence-electron chi connectivity index (χ4n) is 2.16. The number of rotatable bonds is 7. The van der Waals surface area contributed by atoms with Crippen molar-refractivity contribution in [2.24, 2.45) is 5.92 Å². The first-order valence-electron chi connectivity index (χ1n) is 8.40. The van der Waals surface area contributed by atoms with E-state index < -0.39 is 0 Å². The molecule has 0 fully saturated rings. The maximum Gasteiger partial charge on any atom is 0.269 e. The standard InChI is InChI=1S/C20H24N2O3/c1-15(2)11-12-25-18-10-6-9-17(14-18)20(24)22-21-19(23)13-16-7-4-3-5-8-16/h3-10,14-15H,11-13H2,1-2H3,(H,21,23)(H,22,24). The van der Waals surface area contributed by atoms with Crippen molar-refractivity contribution in [2.45, 2.75) is 26.7 Å². The molecule has 5 heteroatoms. The first kappa shape index (κ1) is 18.5. The van der Waals surface area contributed by atoms with Crippen molar-refractivity contribution in [3.05, 3.63) is 65.7 Å². The number of ether oxygens (including phenoxy) is 1. The van der Waals surface area contributed by atoms with Gasteiger partial charge in [0, 0.05) is 5.56 Å². The lowest BCUT2D eigenvalue weighted by Crippen LogP contribution is -2.42. The van der Waals surface area contributed by atoms with Crippen molar-refractivity contribution in [1.82, 2.24) is 10.9 Å². The molecular formula is C20H24N2O3. The van der Waals surface area contributed by atoms with Gasteiger partial charge in [-0.15, -0.1) is 0 Å². The Kier molecular flexibility index (Phi) is 7.01. The average molecular weight is 340 g/mol. The molecule has 0 aliphatic heterocycles. The number of carbonyl (C=O) groups is 2. The monoisotopic (exact) mass is 340 g/mol. The molecule has 0 spiro atoms. The van der Waals surface area contributed by atoms with Crippen molar-refractivity contribution in [3.63, 3.8) is 0 Å². The molecular weight excluding hydrogens is 316 g/mol. The summed E-state index contributed by atoms with van der Waals surface area (Å²) in [5.74, 6) is 0.551. The van der Waals surface area contributed by atoms with Gasteiger partial charge in [0.1, 0.15) is 5.75 Å². The molecule has 5 nitrogen and oxygen atoms in total. The Labute approximate surface area is 148 Å². The highest BCUT2D eigenvalue weighted by Crippen LogP contribution is 2.14. The van der Waals surface area contributed by atoms with Gasteiger partial charge in [0.2, 0.25) is 5.91 Å². The van der Waals surface area contributed by atoms with E-state index in [9.17, 15) is 9.59 Å². The highest BCUT2D eigenvalue weighted by atomic mass is 16.5. The van der Waals surface area contributed by atoms with E-state index in [1.165, 1.54) is 0 Å². The zero-order valence-corrected chi connectivity index (χ0v) is 14.6. The minimum atomic E-state index is -0.379. The number of hydrogen-bond donors (Lipinski definition) is 2. The maximum atomic E-state index is 12.2. The molecule has 0 atom stereocenters. The van der Waals surface area contributed by atoms with Gasteiger partial charge in [-0.2, -0.15) is 0 Å². The topological polar surface area (TPSA) is 67.4 Å². The fraction of sp³-hybridized carbons (Fsp3) is 0.300. The Bertz CT molecular complexity index is 699. The van der Waals surface area contributed by atoms with Gasteiger partial charge in [0.15, 0.2) is 0 Å². The van der Waals surface area contributed by atoms with Crippen molar-refractivity contribution < 1.29 is 14.3 Å². The normalized spacial score (nSPS) is 10.4. The van der Waals surface area contributed by atoms with Gasteiger partial charge in [0.25, 0.3) is 5.91 Å². The number of amides is 2. The Morgan fingerprint density at radius 3 is 2.48 bits per heavy atom. The fourth-order valence-corrected chi connectivity index (χ4v) is 2.16. The Hall–Kier alpha value is -2.82. The molecule has 0 heterocycles. The van der Waals surface area contributed by atoms with E-state index >= 15 is 0 Å². The molecule has 0 radical (unpaired) electrons. The summed E-state index contributed by atoms with van der Waals surface area (Å²) in [7, 11) is 0. The maximum absolute atomic E-state index is 12.2. The predicted octanol–water partition coefficient (Wildman–Crippen LogP) is 3.12. The van der Waals surface area contributed by atoms with Crippen LogP contribution in [-0.2, 0) is 11.2 Å². The summed E-state index contributed by atoms with van der Waals surface area (Å²) >= 11 is 0. The number of hydrazine groups is 1. The zero-order valence-electron chi connectivity index (χ0n) is 14.6. The van der Waals surface area contributed by atoms with Crippen LogP contribution < -0.4 is 15.6 Å². The van der Waals surface area contributed by atoms with E-state index in [4.69, 9.17) is 4.74 Å². The Balaban J connectivity index is 1.82. The van der Waals surface area contributed by atoms with Crippen LogP contribution in [-0.4, -0.2) is 18.4 Å². The van der Waals surface area contributed by atoms with E-state index in [1.807, 2.05) is 36.4 Å². The van der Waals surface area contributed by atoms with Crippen LogP contribution >= 0.6 is 0 Å². The molecule has 132 valence electrons. The second-order valence-electron chi connectivity index (χ2n) is 6.22. The molecule has 2 aromatic rings. The minimum Gasteiger partial charge on any atom is -0.494 e. The van der Waals surface area contributed by atoms with Crippen molar-refractivity contribution in [2.75, 3.05) is 6.61 Å². The summed E-state index contributed by atoms with van der Waals surface area (Å²) in [5, 5.41) is 0. The summed E-state index contributed by atoms with van der Waals surface area (Å²) < 4.78 is 5.64. The van der Waals surface area contributed by atoms with Gasteiger partial charge >= 0.3 is 0 Å². The smallest absolute Gasteiger partial charge is 0.269 e. The molecule has 2 amide bonds. The molecule has 25 heavy (non-hydrogen) atoms. The second kappa shape index (κ2) is 9.47. The van der Waals surface area contributed by atoms with Gasteiger partial charge in [-0.05, 0) is 36.1 Å². The first-order chi connectivity index (χ1) is 12.0. The van der Waals surface area contributed by atoms with E-state index in [-0.39, 0.29) is 18.2 Å².